The van der Waals surface area contributed by atoms with E-state index in [1.54, 1.807) is 4.90 Å². The van der Waals surface area contributed by atoms with Crippen molar-refractivity contribution in [3.8, 4) is 11.3 Å². The molecule has 0 aliphatic carbocycles. The molecule has 0 spiro atoms. The Hall–Kier alpha value is -2.88. The molecule has 1 aliphatic heterocycles. The number of hydrogen-bond donors (Lipinski definition) is 0. The van der Waals surface area contributed by atoms with Gasteiger partial charge in [0.05, 0.1) is 0 Å². The summed E-state index contributed by atoms with van der Waals surface area (Å²) in [4.78, 5) is 18.8. The van der Waals surface area contributed by atoms with Crippen LogP contribution in [0.1, 0.15) is 16.1 Å². The average Bonchev–Trinajstić information content (AvgIpc) is 3.22. The van der Waals surface area contributed by atoms with Gasteiger partial charge in [0.15, 0.2) is 17.8 Å². The zero-order valence-corrected chi connectivity index (χ0v) is 11.9. The predicted octanol–water partition coefficient (Wildman–Crippen LogP) is 3.54. The summed E-state index contributed by atoms with van der Waals surface area (Å²) in [7, 11) is 0. The highest BCUT2D eigenvalue weighted by atomic mass is 16.3. The first kappa shape index (κ1) is 12.8. The molecule has 0 radical (unpaired) electrons. The van der Waals surface area contributed by atoms with Crippen molar-refractivity contribution < 1.29 is 9.21 Å². The molecule has 2 aromatic carbocycles. The Kier molecular flexibility index (Phi) is 3.00. The largest absolute Gasteiger partial charge is 0.443 e. The van der Waals surface area contributed by atoms with Crippen molar-refractivity contribution in [2.24, 2.45) is 0 Å². The molecule has 0 unspecified atom stereocenters. The smallest absolute Gasteiger partial charge is 0.280 e. The normalized spacial score (nSPS) is 13.2. The molecule has 0 bridgehead atoms. The summed E-state index contributed by atoms with van der Waals surface area (Å²) in [5.74, 6) is 0.410. The minimum absolute atomic E-state index is 0.113. The Morgan fingerprint density at radius 2 is 1.82 bits per heavy atom. The van der Waals surface area contributed by atoms with Crippen LogP contribution in [0, 0.1) is 0 Å². The molecule has 1 amide bonds. The Morgan fingerprint density at radius 3 is 2.68 bits per heavy atom. The third-order valence-electron chi connectivity index (χ3n) is 3.94. The van der Waals surface area contributed by atoms with Gasteiger partial charge in [0.2, 0.25) is 0 Å². The van der Waals surface area contributed by atoms with Gasteiger partial charge in [0.25, 0.3) is 5.91 Å². The topological polar surface area (TPSA) is 46.3 Å². The van der Waals surface area contributed by atoms with Crippen LogP contribution in [0.25, 0.3) is 11.3 Å². The molecule has 1 aromatic heterocycles. The molecule has 0 atom stereocenters. The van der Waals surface area contributed by atoms with E-state index in [4.69, 9.17) is 4.42 Å². The van der Waals surface area contributed by atoms with E-state index >= 15 is 0 Å². The number of benzene rings is 2. The monoisotopic (exact) mass is 290 g/mol. The van der Waals surface area contributed by atoms with Gasteiger partial charge < -0.3 is 9.32 Å². The van der Waals surface area contributed by atoms with Gasteiger partial charge in [-0.25, -0.2) is 4.98 Å². The number of nitrogens with zero attached hydrogens (tertiary/aromatic N) is 2. The third-order valence-corrected chi connectivity index (χ3v) is 3.94. The van der Waals surface area contributed by atoms with E-state index in [-0.39, 0.29) is 5.91 Å². The fraction of sp³-hybridized carbons (Fsp3) is 0.111. The lowest BCUT2D eigenvalue weighted by Crippen LogP contribution is -2.29. The van der Waals surface area contributed by atoms with Gasteiger partial charge >= 0.3 is 0 Å². The predicted molar refractivity (Wildman–Crippen MR) is 83.8 cm³/mol. The highest BCUT2D eigenvalue weighted by Gasteiger charge is 2.29. The number of carbonyl (C=O) groups is 1. The zero-order valence-electron chi connectivity index (χ0n) is 11.9. The highest BCUT2D eigenvalue weighted by molar-refractivity contribution is 6.09. The lowest BCUT2D eigenvalue weighted by Gasteiger charge is -2.16. The zero-order chi connectivity index (χ0) is 14.9. The summed E-state index contributed by atoms with van der Waals surface area (Å²) in [6, 6.07) is 17.6. The molecular formula is C18H14N2O2. The fourth-order valence-electron chi connectivity index (χ4n) is 2.87. The molecular weight excluding hydrogens is 276 g/mol. The van der Waals surface area contributed by atoms with Crippen LogP contribution in [0.3, 0.4) is 0 Å². The van der Waals surface area contributed by atoms with Crippen LogP contribution in [0.15, 0.2) is 65.4 Å². The number of amides is 1. The van der Waals surface area contributed by atoms with Crippen LogP contribution in [-0.4, -0.2) is 17.4 Å². The number of para-hydroxylation sites is 1. The first-order valence-electron chi connectivity index (χ1n) is 7.23. The average molecular weight is 290 g/mol. The quantitative estimate of drug-likeness (QED) is 0.725. The first-order valence-corrected chi connectivity index (χ1v) is 7.23. The standard InChI is InChI=1S/C18H14N2O2/c21-18(20-11-10-13-6-4-5-9-15(13)20)16-17(22-12-19-16)14-7-2-1-3-8-14/h1-9,12H,10-11H2. The maximum Gasteiger partial charge on any atom is 0.280 e. The fourth-order valence-corrected chi connectivity index (χ4v) is 2.87. The van der Waals surface area contributed by atoms with Crippen LogP contribution < -0.4 is 4.90 Å². The van der Waals surface area contributed by atoms with Gasteiger partial charge in [-0.2, -0.15) is 0 Å². The van der Waals surface area contributed by atoms with Gasteiger partial charge in [0.1, 0.15) is 0 Å². The number of anilines is 1. The highest BCUT2D eigenvalue weighted by Crippen LogP contribution is 2.31. The number of oxazole rings is 1. The first-order chi connectivity index (χ1) is 10.8. The Bertz CT molecular complexity index is 824. The molecule has 108 valence electrons. The lowest BCUT2D eigenvalue weighted by atomic mass is 10.1. The van der Waals surface area contributed by atoms with Crippen molar-refractivity contribution in [1.29, 1.82) is 0 Å². The summed E-state index contributed by atoms with van der Waals surface area (Å²) in [5.41, 5.74) is 3.38. The second kappa shape index (κ2) is 5.15. The van der Waals surface area contributed by atoms with Crippen molar-refractivity contribution in [3.05, 3.63) is 72.2 Å². The molecule has 0 saturated heterocycles. The molecule has 0 saturated carbocycles. The van der Waals surface area contributed by atoms with Crippen molar-refractivity contribution in [2.45, 2.75) is 6.42 Å². The molecule has 22 heavy (non-hydrogen) atoms. The van der Waals surface area contributed by atoms with E-state index in [0.29, 0.717) is 18.0 Å². The van der Waals surface area contributed by atoms with Gasteiger partial charge in [-0.05, 0) is 18.1 Å². The SMILES string of the molecule is O=C(c1ncoc1-c1ccccc1)N1CCc2ccccc21. The maximum absolute atomic E-state index is 12.9. The van der Waals surface area contributed by atoms with E-state index < -0.39 is 0 Å². The van der Waals surface area contributed by atoms with Crippen molar-refractivity contribution in [3.63, 3.8) is 0 Å². The Morgan fingerprint density at radius 1 is 1.05 bits per heavy atom. The number of hydrogen-bond acceptors (Lipinski definition) is 3. The Balaban J connectivity index is 1.73. The van der Waals surface area contributed by atoms with Gasteiger partial charge in [-0.3, -0.25) is 4.79 Å². The summed E-state index contributed by atoms with van der Waals surface area (Å²) < 4.78 is 5.46. The van der Waals surface area contributed by atoms with Gasteiger partial charge in [0, 0.05) is 17.8 Å². The number of fused-ring (bicyclic) bond motifs is 1. The van der Waals surface area contributed by atoms with E-state index in [2.05, 4.69) is 11.1 Å². The molecule has 4 heteroatoms. The van der Waals surface area contributed by atoms with E-state index in [0.717, 1.165) is 17.7 Å². The van der Waals surface area contributed by atoms with Crippen molar-refractivity contribution in [2.75, 3.05) is 11.4 Å². The summed E-state index contributed by atoms with van der Waals surface area (Å²) >= 11 is 0. The second-order valence-electron chi connectivity index (χ2n) is 5.23. The van der Waals surface area contributed by atoms with Gasteiger partial charge in [-0.1, -0.05) is 48.5 Å². The molecule has 0 fully saturated rings. The lowest BCUT2D eigenvalue weighted by molar-refractivity contribution is 0.0985. The number of aromatic nitrogens is 1. The third kappa shape index (κ3) is 2.00. The minimum atomic E-state index is -0.113. The van der Waals surface area contributed by atoms with Crippen LogP contribution in [0.4, 0.5) is 5.69 Å². The number of carbonyl (C=O) groups excluding carboxylic acids is 1. The molecule has 4 rings (SSSR count). The number of rotatable bonds is 2. The van der Waals surface area contributed by atoms with Crippen molar-refractivity contribution in [1.82, 2.24) is 4.98 Å². The Labute approximate surface area is 128 Å². The summed E-state index contributed by atoms with van der Waals surface area (Å²) in [6.45, 7) is 0.680. The van der Waals surface area contributed by atoms with Gasteiger partial charge in [-0.15, -0.1) is 0 Å². The van der Waals surface area contributed by atoms with Crippen LogP contribution >= 0.6 is 0 Å². The molecule has 3 aromatic rings. The van der Waals surface area contributed by atoms with Crippen molar-refractivity contribution >= 4 is 11.6 Å². The van der Waals surface area contributed by atoms with E-state index in [1.165, 1.54) is 12.0 Å². The maximum atomic E-state index is 12.9. The van der Waals surface area contributed by atoms with Crippen LogP contribution in [0.5, 0.6) is 0 Å². The molecule has 2 heterocycles. The van der Waals surface area contributed by atoms with E-state index in [9.17, 15) is 4.79 Å². The molecule has 0 N–H and O–H groups in total. The van der Waals surface area contributed by atoms with Crippen LogP contribution in [-0.2, 0) is 6.42 Å². The molecule has 1 aliphatic rings. The molecule has 4 nitrogen and oxygen atoms in total. The minimum Gasteiger partial charge on any atom is -0.443 e. The van der Waals surface area contributed by atoms with E-state index in [1.807, 2.05) is 48.5 Å². The summed E-state index contributed by atoms with van der Waals surface area (Å²) in [5, 5.41) is 0. The second-order valence-corrected chi connectivity index (χ2v) is 5.23. The summed E-state index contributed by atoms with van der Waals surface area (Å²) in [6.07, 6.45) is 2.21. The van der Waals surface area contributed by atoms with Crippen LogP contribution in [0.2, 0.25) is 0 Å².